The minimum absolute atomic E-state index is 0.00458. The van der Waals surface area contributed by atoms with Crippen molar-refractivity contribution in [1.82, 2.24) is 14.9 Å². The summed E-state index contributed by atoms with van der Waals surface area (Å²) in [5.41, 5.74) is 1.17. The summed E-state index contributed by atoms with van der Waals surface area (Å²) in [6, 6.07) is 14.7. The molecule has 25 heavy (non-hydrogen) atoms. The molecule has 0 aliphatic carbocycles. The van der Waals surface area contributed by atoms with Gasteiger partial charge in [-0.1, -0.05) is 65.3 Å². The summed E-state index contributed by atoms with van der Waals surface area (Å²) in [7, 11) is 0. The normalized spacial score (nSPS) is 10.6. The molecule has 0 radical (unpaired) electrons. The van der Waals surface area contributed by atoms with Crippen molar-refractivity contribution in [2.75, 3.05) is 11.2 Å². The molecule has 128 valence electrons. The molecule has 0 amide bonds. The molecule has 0 saturated carbocycles. The summed E-state index contributed by atoms with van der Waals surface area (Å²) in [6.07, 6.45) is 0. The smallest absolute Gasteiger partial charge is 0.315 e. The maximum Gasteiger partial charge on any atom is 0.315 e. The van der Waals surface area contributed by atoms with E-state index in [9.17, 15) is 4.79 Å². The fourth-order valence-corrected chi connectivity index (χ4v) is 3.10. The van der Waals surface area contributed by atoms with Crippen LogP contribution in [0.5, 0.6) is 0 Å². The maximum absolute atomic E-state index is 12.4. The van der Waals surface area contributed by atoms with Gasteiger partial charge in [-0.2, -0.15) is 4.68 Å². The third-order valence-electron chi connectivity index (χ3n) is 3.26. The van der Waals surface area contributed by atoms with Crippen molar-refractivity contribution in [3.8, 4) is 0 Å². The zero-order valence-electron chi connectivity index (χ0n) is 12.8. The first-order valence-electron chi connectivity index (χ1n) is 7.18. The van der Waals surface area contributed by atoms with Gasteiger partial charge in [0.15, 0.2) is 0 Å². The second-order valence-corrected chi connectivity index (χ2v) is 6.79. The quantitative estimate of drug-likeness (QED) is 0.507. The highest BCUT2D eigenvalue weighted by Gasteiger charge is 2.11. The molecule has 3 N–H and O–H groups in total. The van der Waals surface area contributed by atoms with Crippen molar-refractivity contribution in [1.29, 1.82) is 0 Å². The lowest BCUT2D eigenvalue weighted by molar-refractivity contribution is 0.705. The molecule has 3 aromatic rings. The summed E-state index contributed by atoms with van der Waals surface area (Å²) < 4.78 is 0.973. The van der Waals surface area contributed by atoms with E-state index >= 15 is 0 Å². The molecule has 0 bridgehead atoms. The zero-order chi connectivity index (χ0) is 17.8. The summed E-state index contributed by atoms with van der Waals surface area (Å²) in [5, 5.41) is 11.9. The summed E-state index contributed by atoms with van der Waals surface area (Å²) in [6.45, 7) is 0. The van der Waals surface area contributed by atoms with Gasteiger partial charge in [0.1, 0.15) is 0 Å². The number of halogens is 2. The van der Waals surface area contributed by atoms with Gasteiger partial charge in [-0.05, 0) is 23.8 Å². The Labute approximate surface area is 157 Å². The Kier molecular flexibility index (Phi) is 5.47. The van der Waals surface area contributed by atoms with Gasteiger partial charge in [-0.25, -0.2) is 0 Å². The largest absolute Gasteiger partial charge is 0.334 e. The van der Waals surface area contributed by atoms with Crippen molar-refractivity contribution in [3.05, 3.63) is 74.5 Å². The molecule has 9 heteroatoms. The van der Waals surface area contributed by atoms with Crippen LogP contribution >= 0.6 is 35.0 Å². The number of thioether (sulfide) groups is 1. The summed E-state index contributed by atoms with van der Waals surface area (Å²) >= 11 is 13.2. The topological polar surface area (TPSA) is 85.8 Å². The molecule has 3 rings (SSSR count). The van der Waals surface area contributed by atoms with E-state index in [-0.39, 0.29) is 5.82 Å². The van der Waals surface area contributed by atoms with Gasteiger partial charge < -0.3 is 11.2 Å². The van der Waals surface area contributed by atoms with Gasteiger partial charge in [-0.3, -0.25) is 4.79 Å². The van der Waals surface area contributed by atoms with E-state index in [1.807, 2.05) is 30.3 Å². The highest BCUT2D eigenvalue weighted by atomic mass is 35.5. The van der Waals surface area contributed by atoms with Crippen molar-refractivity contribution in [2.24, 2.45) is 0 Å². The van der Waals surface area contributed by atoms with E-state index in [2.05, 4.69) is 15.5 Å². The lowest BCUT2D eigenvalue weighted by Gasteiger charge is -2.09. The van der Waals surface area contributed by atoms with Gasteiger partial charge in [-0.15, -0.1) is 10.2 Å². The predicted molar refractivity (Wildman–Crippen MR) is 102 cm³/mol. The number of hydrogen-bond donors (Lipinski definition) is 2. The van der Waals surface area contributed by atoms with E-state index in [0.717, 1.165) is 10.2 Å². The van der Waals surface area contributed by atoms with Gasteiger partial charge in [0, 0.05) is 11.4 Å². The van der Waals surface area contributed by atoms with Crippen LogP contribution in [0.3, 0.4) is 0 Å². The lowest BCUT2D eigenvalue weighted by Crippen LogP contribution is -2.32. The third-order valence-corrected chi connectivity index (χ3v) is 5.01. The molecule has 0 unspecified atom stereocenters. The first-order chi connectivity index (χ1) is 12.0. The number of anilines is 2. The Morgan fingerprint density at radius 2 is 1.84 bits per heavy atom. The molecule has 6 nitrogen and oxygen atoms in total. The fourth-order valence-electron chi connectivity index (χ4n) is 1.99. The van der Waals surface area contributed by atoms with E-state index in [1.165, 1.54) is 11.8 Å². The number of nitrogen functional groups attached to an aromatic ring is 1. The molecule has 1 heterocycles. The van der Waals surface area contributed by atoms with Gasteiger partial charge in [0.25, 0.3) is 0 Å². The maximum atomic E-state index is 12.4. The van der Waals surface area contributed by atoms with Crippen LogP contribution in [-0.2, 0) is 5.75 Å². The van der Waals surface area contributed by atoms with Crippen LogP contribution in [-0.4, -0.2) is 14.9 Å². The average molecular weight is 394 g/mol. The van der Waals surface area contributed by atoms with Crippen LogP contribution in [0, 0.1) is 0 Å². The molecule has 0 spiro atoms. The first kappa shape index (κ1) is 17.6. The lowest BCUT2D eigenvalue weighted by atomic mass is 10.2. The highest BCUT2D eigenvalue weighted by molar-refractivity contribution is 7.98. The molecular formula is C16H13Cl2N5OS. The Morgan fingerprint density at radius 3 is 2.56 bits per heavy atom. The van der Waals surface area contributed by atoms with Crippen molar-refractivity contribution in [3.63, 3.8) is 0 Å². The van der Waals surface area contributed by atoms with E-state index in [1.54, 1.807) is 18.2 Å². The highest BCUT2D eigenvalue weighted by Crippen LogP contribution is 2.26. The van der Waals surface area contributed by atoms with Crippen LogP contribution < -0.4 is 16.7 Å². The van der Waals surface area contributed by atoms with Crippen LogP contribution in [0.4, 0.5) is 11.5 Å². The zero-order valence-corrected chi connectivity index (χ0v) is 15.1. The molecule has 0 atom stereocenters. The van der Waals surface area contributed by atoms with Crippen LogP contribution in [0.1, 0.15) is 5.56 Å². The Hall–Kier alpha value is -2.22. The number of nitrogens with zero attached hydrogens (tertiary/aromatic N) is 3. The molecule has 1 aromatic heterocycles. The molecule has 0 aliphatic rings. The predicted octanol–water partition coefficient (Wildman–Crippen LogP) is 3.69. The third kappa shape index (κ3) is 4.25. The number of nitrogens with one attached hydrogen (secondary N) is 1. The van der Waals surface area contributed by atoms with Gasteiger partial charge in [0.2, 0.25) is 11.0 Å². The number of rotatable bonds is 5. The molecule has 0 saturated heterocycles. The summed E-state index contributed by atoms with van der Waals surface area (Å²) in [4.78, 5) is 12.4. The number of aromatic nitrogens is 3. The van der Waals surface area contributed by atoms with Crippen molar-refractivity contribution >= 4 is 46.5 Å². The van der Waals surface area contributed by atoms with E-state index in [4.69, 9.17) is 29.0 Å². The Bertz CT molecular complexity index is 949. The van der Waals surface area contributed by atoms with Crippen LogP contribution in [0.15, 0.2) is 58.5 Å². The minimum atomic E-state index is -0.489. The first-order valence-corrected chi connectivity index (χ1v) is 8.92. The molecular weight excluding hydrogens is 381 g/mol. The molecule has 0 aliphatic heterocycles. The van der Waals surface area contributed by atoms with E-state index < -0.39 is 5.56 Å². The van der Waals surface area contributed by atoms with E-state index in [0.29, 0.717) is 26.6 Å². The Balaban J connectivity index is 1.78. The minimum Gasteiger partial charge on any atom is -0.334 e. The van der Waals surface area contributed by atoms with Crippen LogP contribution in [0.25, 0.3) is 0 Å². The van der Waals surface area contributed by atoms with Crippen molar-refractivity contribution < 1.29 is 0 Å². The Morgan fingerprint density at radius 1 is 1.08 bits per heavy atom. The molecule has 0 fully saturated rings. The van der Waals surface area contributed by atoms with Crippen LogP contribution in [0.2, 0.25) is 10.0 Å². The SMILES string of the molecule is Nn1c(SCc2ccccc2)nnc(Nc2ccc(Cl)c(Cl)c2)c1=O. The fraction of sp³-hybridized carbons (Fsp3) is 0.0625. The number of hydrogen-bond acceptors (Lipinski definition) is 6. The second kappa shape index (κ2) is 7.77. The second-order valence-electron chi connectivity index (χ2n) is 5.03. The summed E-state index contributed by atoms with van der Waals surface area (Å²) in [5.74, 6) is 6.48. The molecule has 2 aromatic carbocycles. The van der Waals surface area contributed by atoms with Gasteiger partial charge in [0.05, 0.1) is 10.0 Å². The van der Waals surface area contributed by atoms with Gasteiger partial charge >= 0.3 is 5.56 Å². The number of nitrogens with two attached hydrogens (primary N) is 1. The monoisotopic (exact) mass is 393 g/mol. The van der Waals surface area contributed by atoms with Crippen molar-refractivity contribution in [2.45, 2.75) is 10.9 Å². The number of benzene rings is 2. The average Bonchev–Trinajstić information content (AvgIpc) is 2.62. The standard InChI is InChI=1S/C16H13Cl2N5OS/c17-12-7-6-11(8-13(12)18)20-14-15(24)23(19)16(22-21-14)25-9-10-4-2-1-3-5-10/h1-8H,9,19H2,(H,20,21).